The van der Waals surface area contributed by atoms with Crippen molar-refractivity contribution in [1.29, 1.82) is 0 Å². The van der Waals surface area contributed by atoms with Gasteiger partial charge in [0, 0.05) is 37.7 Å². The van der Waals surface area contributed by atoms with Crippen LogP contribution < -0.4 is 0 Å². The van der Waals surface area contributed by atoms with Crippen molar-refractivity contribution in [2.75, 3.05) is 26.2 Å². The first-order valence-electron chi connectivity index (χ1n) is 8.21. The summed E-state index contributed by atoms with van der Waals surface area (Å²) >= 11 is 0. The monoisotopic (exact) mass is 302 g/mol. The molecule has 0 aromatic heterocycles. The van der Waals surface area contributed by atoms with Crippen molar-refractivity contribution in [3.05, 3.63) is 35.4 Å². The summed E-state index contributed by atoms with van der Waals surface area (Å²) in [6.45, 7) is 8.90. The van der Waals surface area contributed by atoms with E-state index in [4.69, 9.17) is 0 Å². The van der Waals surface area contributed by atoms with Crippen LogP contribution >= 0.6 is 0 Å². The van der Waals surface area contributed by atoms with E-state index < -0.39 is 0 Å². The minimum absolute atomic E-state index is 0.0713. The van der Waals surface area contributed by atoms with Crippen LogP contribution in [0.15, 0.2) is 24.3 Å². The van der Waals surface area contributed by atoms with Gasteiger partial charge in [0.25, 0.3) is 5.91 Å². The van der Waals surface area contributed by atoms with E-state index in [1.807, 2.05) is 54.8 Å². The maximum Gasteiger partial charge on any atom is 0.253 e. The molecule has 1 aliphatic heterocycles. The number of hydrogen-bond donors (Lipinski definition) is 0. The van der Waals surface area contributed by atoms with E-state index in [9.17, 15) is 9.59 Å². The van der Waals surface area contributed by atoms with Gasteiger partial charge in [0.05, 0.1) is 0 Å². The molecule has 0 N–H and O–H groups in total. The Hall–Kier alpha value is -1.84. The lowest BCUT2D eigenvalue weighted by Crippen LogP contribution is -2.44. The zero-order chi connectivity index (χ0) is 16.1. The smallest absolute Gasteiger partial charge is 0.253 e. The Morgan fingerprint density at radius 3 is 2.14 bits per heavy atom. The number of nitrogens with zero attached hydrogens (tertiary/aromatic N) is 2. The lowest BCUT2D eigenvalue weighted by atomic mass is 9.94. The number of aryl methyl sites for hydroxylation is 1. The minimum atomic E-state index is 0.0713. The second-order valence-corrected chi connectivity index (χ2v) is 5.94. The van der Waals surface area contributed by atoms with Gasteiger partial charge in [-0.3, -0.25) is 9.59 Å². The van der Waals surface area contributed by atoms with Crippen LogP contribution in [0, 0.1) is 12.8 Å². The summed E-state index contributed by atoms with van der Waals surface area (Å²) in [6.07, 6.45) is 1.54. The number of carbonyl (C=O) groups is 2. The summed E-state index contributed by atoms with van der Waals surface area (Å²) in [5.41, 5.74) is 1.89. The molecule has 4 heteroatoms. The predicted molar refractivity (Wildman–Crippen MR) is 87.7 cm³/mol. The zero-order valence-electron chi connectivity index (χ0n) is 13.8. The molecule has 120 valence electrons. The standard InChI is InChI=1S/C18H26N2O2/c1-4-19(5-2)17(21)16-10-12-20(13-11-16)18(22)15-8-6-14(3)7-9-15/h6-9,16H,4-5,10-13H2,1-3H3. The SMILES string of the molecule is CCN(CC)C(=O)C1CCN(C(=O)c2ccc(C)cc2)CC1. The maximum atomic E-state index is 12.5. The molecule has 4 nitrogen and oxygen atoms in total. The molecule has 0 spiro atoms. The fourth-order valence-electron chi connectivity index (χ4n) is 3.00. The number of rotatable bonds is 4. The van der Waals surface area contributed by atoms with Crippen molar-refractivity contribution >= 4 is 11.8 Å². The summed E-state index contributed by atoms with van der Waals surface area (Å²) in [5, 5.41) is 0. The van der Waals surface area contributed by atoms with Gasteiger partial charge in [-0.1, -0.05) is 17.7 Å². The summed E-state index contributed by atoms with van der Waals surface area (Å²) in [7, 11) is 0. The molecule has 0 saturated carbocycles. The molecular formula is C18H26N2O2. The van der Waals surface area contributed by atoms with Crippen LogP contribution in [0.2, 0.25) is 0 Å². The molecular weight excluding hydrogens is 276 g/mol. The minimum Gasteiger partial charge on any atom is -0.343 e. The molecule has 1 saturated heterocycles. The largest absolute Gasteiger partial charge is 0.343 e. The Morgan fingerprint density at radius 2 is 1.64 bits per heavy atom. The van der Waals surface area contributed by atoms with Crippen LogP contribution in [0.3, 0.4) is 0 Å². The van der Waals surface area contributed by atoms with Crippen LogP contribution in [0.1, 0.15) is 42.6 Å². The molecule has 1 aromatic rings. The predicted octanol–water partition coefficient (Wildman–Crippen LogP) is 2.72. The highest BCUT2D eigenvalue weighted by Crippen LogP contribution is 2.21. The van der Waals surface area contributed by atoms with Crippen LogP contribution in [0.4, 0.5) is 0 Å². The van der Waals surface area contributed by atoms with E-state index in [0.717, 1.165) is 37.1 Å². The van der Waals surface area contributed by atoms with Gasteiger partial charge in [-0.05, 0) is 45.7 Å². The third-order valence-corrected chi connectivity index (χ3v) is 4.51. The topological polar surface area (TPSA) is 40.6 Å². The average molecular weight is 302 g/mol. The molecule has 2 amide bonds. The highest BCUT2D eigenvalue weighted by atomic mass is 16.2. The maximum absolute atomic E-state index is 12.5. The van der Waals surface area contributed by atoms with Crippen molar-refractivity contribution in [1.82, 2.24) is 9.80 Å². The lowest BCUT2D eigenvalue weighted by Gasteiger charge is -2.33. The van der Waals surface area contributed by atoms with Gasteiger partial charge in [0.15, 0.2) is 0 Å². The second kappa shape index (κ2) is 7.43. The highest BCUT2D eigenvalue weighted by molar-refractivity contribution is 5.94. The Balaban J connectivity index is 1.93. The van der Waals surface area contributed by atoms with Crippen molar-refractivity contribution in [3.8, 4) is 0 Å². The van der Waals surface area contributed by atoms with Gasteiger partial charge in [0.1, 0.15) is 0 Å². The van der Waals surface area contributed by atoms with Gasteiger partial charge in [-0.25, -0.2) is 0 Å². The quantitative estimate of drug-likeness (QED) is 0.858. The average Bonchev–Trinajstić information content (AvgIpc) is 2.56. The third kappa shape index (κ3) is 3.67. The van der Waals surface area contributed by atoms with E-state index in [1.165, 1.54) is 0 Å². The normalized spacial score (nSPS) is 15.7. The second-order valence-electron chi connectivity index (χ2n) is 5.94. The van der Waals surface area contributed by atoms with E-state index >= 15 is 0 Å². The molecule has 22 heavy (non-hydrogen) atoms. The van der Waals surface area contributed by atoms with Crippen LogP contribution in [0.5, 0.6) is 0 Å². The molecule has 1 aliphatic rings. The fourth-order valence-corrected chi connectivity index (χ4v) is 3.00. The van der Waals surface area contributed by atoms with E-state index in [0.29, 0.717) is 13.1 Å². The molecule has 2 rings (SSSR count). The summed E-state index contributed by atoms with van der Waals surface area (Å²) in [6, 6.07) is 7.68. The van der Waals surface area contributed by atoms with Crippen molar-refractivity contribution in [2.24, 2.45) is 5.92 Å². The molecule has 1 heterocycles. The van der Waals surface area contributed by atoms with E-state index in [1.54, 1.807) is 0 Å². The summed E-state index contributed by atoms with van der Waals surface area (Å²) < 4.78 is 0. The van der Waals surface area contributed by atoms with Gasteiger partial charge in [-0.2, -0.15) is 0 Å². The number of piperidine rings is 1. The Morgan fingerprint density at radius 1 is 1.09 bits per heavy atom. The Bertz CT molecular complexity index is 512. The van der Waals surface area contributed by atoms with Gasteiger partial charge < -0.3 is 9.80 Å². The van der Waals surface area contributed by atoms with Crippen LogP contribution in [0.25, 0.3) is 0 Å². The third-order valence-electron chi connectivity index (χ3n) is 4.51. The number of amides is 2. The molecule has 0 atom stereocenters. The Kier molecular flexibility index (Phi) is 5.58. The highest BCUT2D eigenvalue weighted by Gasteiger charge is 2.29. The van der Waals surface area contributed by atoms with Crippen LogP contribution in [-0.2, 0) is 4.79 Å². The summed E-state index contributed by atoms with van der Waals surface area (Å²) in [5.74, 6) is 0.392. The fraction of sp³-hybridized carbons (Fsp3) is 0.556. The Labute approximate surface area is 133 Å². The first kappa shape index (κ1) is 16.5. The van der Waals surface area contributed by atoms with E-state index in [2.05, 4.69) is 0 Å². The number of carbonyl (C=O) groups excluding carboxylic acids is 2. The lowest BCUT2D eigenvalue weighted by molar-refractivity contribution is -0.136. The van der Waals surface area contributed by atoms with Crippen molar-refractivity contribution in [2.45, 2.75) is 33.6 Å². The molecule has 0 bridgehead atoms. The first-order chi connectivity index (χ1) is 10.6. The number of likely N-dealkylation sites (tertiary alicyclic amines) is 1. The molecule has 0 radical (unpaired) electrons. The molecule has 0 unspecified atom stereocenters. The van der Waals surface area contributed by atoms with Crippen molar-refractivity contribution < 1.29 is 9.59 Å². The molecule has 0 aliphatic carbocycles. The van der Waals surface area contributed by atoms with Crippen LogP contribution in [-0.4, -0.2) is 47.8 Å². The summed E-state index contributed by atoms with van der Waals surface area (Å²) in [4.78, 5) is 28.6. The number of hydrogen-bond acceptors (Lipinski definition) is 2. The zero-order valence-corrected chi connectivity index (χ0v) is 13.8. The van der Waals surface area contributed by atoms with Crippen molar-refractivity contribution in [3.63, 3.8) is 0 Å². The molecule has 1 aromatic carbocycles. The van der Waals surface area contributed by atoms with E-state index in [-0.39, 0.29) is 17.7 Å². The van der Waals surface area contributed by atoms with Gasteiger partial charge in [0.2, 0.25) is 5.91 Å². The number of benzene rings is 1. The van der Waals surface area contributed by atoms with Gasteiger partial charge in [-0.15, -0.1) is 0 Å². The molecule has 1 fully saturated rings. The van der Waals surface area contributed by atoms with Gasteiger partial charge >= 0.3 is 0 Å². The first-order valence-corrected chi connectivity index (χ1v) is 8.21.